The molecule has 0 unspecified atom stereocenters. The van der Waals surface area contributed by atoms with E-state index in [1.165, 1.54) is 0 Å². The van der Waals surface area contributed by atoms with E-state index >= 15 is 0 Å². The van der Waals surface area contributed by atoms with Crippen LogP contribution in [0.3, 0.4) is 0 Å². The molecule has 1 aromatic heterocycles. The minimum atomic E-state index is -4.55. The number of hydrogen-bond acceptors (Lipinski definition) is 3. The number of carbonyl (C=O) groups excluding carboxylic acids is 1. The van der Waals surface area contributed by atoms with Gasteiger partial charge in [0.25, 0.3) is 0 Å². The number of aromatic nitrogens is 2. The summed E-state index contributed by atoms with van der Waals surface area (Å²) in [7, 11) is 0. The Kier molecular flexibility index (Phi) is 2.61. The number of nitrogens with zero attached hydrogens (tertiary/aromatic N) is 2. The summed E-state index contributed by atoms with van der Waals surface area (Å²) in [6.07, 6.45) is -4.09. The Morgan fingerprint density at radius 3 is 2.44 bits per heavy atom. The van der Waals surface area contributed by atoms with Gasteiger partial charge in [-0.15, -0.1) is 0 Å². The molecule has 1 aliphatic rings. The summed E-state index contributed by atoms with van der Waals surface area (Å²) in [6.45, 7) is 0. The molecular weight excluding hydrogens is 245 g/mol. The molecule has 1 aromatic rings. The highest BCUT2D eigenvalue weighted by atomic mass is 35.5. The predicted molar refractivity (Wildman–Crippen MR) is 49.0 cm³/mol. The summed E-state index contributed by atoms with van der Waals surface area (Å²) in [6, 6.07) is 0.850. The molecule has 0 spiro atoms. The second-order valence-electron chi connectivity index (χ2n) is 3.59. The molecule has 0 N–H and O–H groups in total. The number of Topliss-reactive ketones (excluding diaryl/α,β-unsaturated/α-hetero) is 1. The number of hydrogen-bond donors (Lipinski definition) is 0. The molecule has 0 aliphatic heterocycles. The zero-order valence-corrected chi connectivity index (χ0v) is 8.64. The van der Waals surface area contributed by atoms with Crippen LogP contribution in [0.2, 0.25) is 5.28 Å². The zero-order valence-electron chi connectivity index (χ0n) is 7.88. The maximum Gasteiger partial charge on any atom is 0.433 e. The lowest BCUT2D eigenvalue weighted by Gasteiger charge is -2.23. The van der Waals surface area contributed by atoms with Crippen LogP contribution in [-0.2, 0) is 11.0 Å². The van der Waals surface area contributed by atoms with Crippen molar-refractivity contribution in [1.29, 1.82) is 0 Å². The van der Waals surface area contributed by atoms with E-state index in [-0.39, 0.29) is 30.2 Å². The van der Waals surface area contributed by atoms with Crippen LogP contribution in [0.1, 0.15) is 30.1 Å². The monoisotopic (exact) mass is 250 g/mol. The van der Waals surface area contributed by atoms with Crippen molar-refractivity contribution >= 4 is 17.4 Å². The fourth-order valence-electron chi connectivity index (χ4n) is 1.49. The normalized spacial score (nSPS) is 17.4. The van der Waals surface area contributed by atoms with Crippen molar-refractivity contribution in [2.24, 2.45) is 0 Å². The summed E-state index contributed by atoms with van der Waals surface area (Å²) in [5, 5.41) is -0.441. The maximum atomic E-state index is 12.4. The molecule has 1 saturated carbocycles. The fraction of sp³-hybridized carbons (Fsp3) is 0.444. The molecule has 16 heavy (non-hydrogen) atoms. The SMILES string of the molecule is O=C1CC(c2cc(C(F)(F)F)nc(Cl)n2)C1. The Labute approximate surface area is 93.7 Å². The van der Waals surface area contributed by atoms with Crippen LogP contribution < -0.4 is 0 Å². The molecule has 1 aliphatic carbocycles. The first kappa shape index (κ1) is 11.3. The zero-order chi connectivity index (χ0) is 11.9. The summed E-state index contributed by atoms with van der Waals surface area (Å²) < 4.78 is 37.2. The van der Waals surface area contributed by atoms with E-state index in [1.54, 1.807) is 0 Å². The van der Waals surface area contributed by atoms with Crippen LogP contribution in [0.15, 0.2) is 6.07 Å². The molecule has 1 fully saturated rings. The first-order valence-corrected chi connectivity index (χ1v) is 4.87. The van der Waals surface area contributed by atoms with Gasteiger partial charge in [0, 0.05) is 24.5 Å². The molecule has 0 saturated heterocycles. The van der Waals surface area contributed by atoms with Gasteiger partial charge < -0.3 is 0 Å². The Hall–Kier alpha value is -1.17. The fourth-order valence-corrected chi connectivity index (χ4v) is 1.68. The minimum absolute atomic E-state index is 0.0216. The highest BCUT2D eigenvalue weighted by Gasteiger charge is 2.36. The average Bonchev–Trinajstić information content (AvgIpc) is 2.10. The van der Waals surface area contributed by atoms with Crippen molar-refractivity contribution in [1.82, 2.24) is 9.97 Å². The van der Waals surface area contributed by atoms with Crippen LogP contribution in [0.5, 0.6) is 0 Å². The molecule has 0 amide bonds. The maximum absolute atomic E-state index is 12.4. The van der Waals surface area contributed by atoms with Gasteiger partial charge in [0.15, 0.2) is 0 Å². The van der Waals surface area contributed by atoms with Gasteiger partial charge in [0.1, 0.15) is 11.5 Å². The van der Waals surface area contributed by atoms with E-state index in [1.807, 2.05) is 0 Å². The molecule has 0 aromatic carbocycles. The van der Waals surface area contributed by atoms with Crippen molar-refractivity contribution in [3.05, 3.63) is 22.7 Å². The van der Waals surface area contributed by atoms with Gasteiger partial charge in [-0.25, -0.2) is 9.97 Å². The summed E-state index contributed by atoms with van der Waals surface area (Å²) in [5.41, 5.74) is -0.881. The van der Waals surface area contributed by atoms with E-state index in [0.717, 1.165) is 6.07 Å². The Balaban J connectivity index is 2.33. The van der Waals surface area contributed by atoms with Gasteiger partial charge >= 0.3 is 6.18 Å². The lowest BCUT2D eigenvalue weighted by atomic mass is 9.81. The molecule has 0 atom stereocenters. The molecule has 3 nitrogen and oxygen atoms in total. The first-order chi connectivity index (χ1) is 7.36. The second kappa shape index (κ2) is 3.69. The van der Waals surface area contributed by atoms with Crippen molar-refractivity contribution in [2.45, 2.75) is 24.9 Å². The molecule has 1 heterocycles. The summed E-state index contributed by atoms with van der Waals surface area (Å²) in [4.78, 5) is 17.6. The van der Waals surface area contributed by atoms with Gasteiger partial charge in [-0.2, -0.15) is 13.2 Å². The highest BCUT2D eigenvalue weighted by molar-refractivity contribution is 6.28. The van der Waals surface area contributed by atoms with Crippen LogP contribution in [0.25, 0.3) is 0 Å². The van der Waals surface area contributed by atoms with Gasteiger partial charge in [-0.3, -0.25) is 4.79 Å². The average molecular weight is 251 g/mol. The van der Waals surface area contributed by atoms with Crippen LogP contribution >= 0.6 is 11.6 Å². The lowest BCUT2D eigenvalue weighted by Crippen LogP contribution is -2.23. The number of carbonyl (C=O) groups is 1. The second-order valence-corrected chi connectivity index (χ2v) is 3.93. The Morgan fingerprint density at radius 1 is 1.31 bits per heavy atom. The van der Waals surface area contributed by atoms with E-state index in [0.29, 0.717) is 0 Å². The number of rotatable bonds is 1. The molecule has 86 valence electrons. The van der Waals surface area contributed by atoms with E-state index in [2.05, 4.69) is 9.97 Å². The van der Waals surface area contributed by atoms with Gasteiger partial charge in [-0.05, 0) is 17.7 Å². The molecule has 7 heteroatoms. The third-order valence-electron chi connectivity index (χ3n) is 2.38. The first-order valence-electron chi connectivity index (χ1n) is 4.49. The number of halogens is 4. The van der Waals surface area contributed by atoms with Crippen LogP contribution in [0, 0.1) is 0 Å². The lowest BCUT2D eigenvalue weighted by molar-refractivity contribution is -0.141. The number of alkyl halides is 3. The van der Waals surface area contributed by atoms with Gasteiger partial charge in [0.05, 0.1) is 0 Å². The predicted octanol–water partition coefficient (Wildman–Crippen LogP) is 2.60. The van der Waals surface area contributed by atoms with Crippen molar-refractivity contribution in [2.75, 3.05) is 0 Å². The molecule has 0 radical (unpaired) electrons. The quantitative estimate of drug-likeness (QED) is 0.720. The van der Waals surface area contributed by atoms with Crippen molar-refractivity contribution < 1.29 is 18.0 Å². The minimum Gasteiger partial charge on any atom is -0.300 e. The van der Waals surface area contributed by atoms with Crippen molar-refractivity contribution in [3.63, 3.8) is 0 Å². The Bertz CT molecular complexity index is 439. The molecule has 0 bridgehead atoms. The van der Waals surface area contributed by atoms with Crippen LogP contribution in [0.4, 0.5) is 13.2 Å². The van der Waals surface area contributed by atoms with E-state index in [9.17, 15) is 18.0 Å². The summed E-state index contributed by atoms with van der Waals surface area (Å²) >= 11 is 5.41. The largest absolute Gasteiger partial charge is 0.433 e. The van der Waals surface area contributed by atoms with Crippen LogP contribution in [-0.4, -0.2) is 15.8 Å². The molecular formula is C9H6ClF3N2O. The number of ketones is 1. The smallest absolute Gasteiger partial charge is 0.300 e. The van der Waals surface area contributed by atoms with E-state index in [4.69, 9.17) is 11.6 Å². The summed E-state index contributed by atoms with van der Waals surface area (Å²) in [5.74, 6) is -0.234. The standard InChI is InChI=1S/C9H6ClF3N2O/c10-8-14-6(4-1-5(16)2-4)3-7(15-8)9(11,12)13/h3-4H,1-2H2. The van der Waals surface area contributed by atoms with Gasteiger partial charge in [0.2, 0.25) is 5.28 Å². The highest BCUT2D eigenvalue weighted by Crippen LogP contribution is 2.35. The topological polar surface area (TPSA) is 42.9 Å². The molecule has 2 rings (SSSR count). The van der Waals surface area contributed by atoms with Gasteiger partial charge in [-0.1, -0.05) is 0 Å². The third-order valence-corrected chi connectivity index (χ3v) is 2.54. The Morgan fingerprint density at radius 2 is 1.94 bits per heavy atom. The van der Waals surface area contributed by atoms with E-state index < -0.39 is 17.2 Å². The van der Waals surface area contributed by atoms with Crippen molar-refractivity contribution in [3.8, 4) is 0 Å². The third kappa shape index (κ3) is 2.16.